The Morgan fingerprint density at radius 2 is 1.80 bits per heavy atom. The molecule has 1 heterocycles. The summed E-state index contributed by atoms with van der Waals surface area (Å²) in [4.78, 5) is 24.0. The fourth-order valence-electron chi connectivity index (χ4n) is 2.92. The quantitative estimate of drug-likeness (QED) is 0.587. The number of aliphatic carboxylic acids is 1. The molecule has 0 aliphatic heterocycles. The highest BCUT2D eigenvalue weighted by atomic mass is 19.1. The number of rotatable bonds is 8. The van der Waals surface area contributed by atoms with Crippen molar-refractivity contribution in [2.45, 2.75) is 19.4 Å². The predicted molar refractivity (Wildman–Crippen MR) is 104 cm³/mol. The van der Waals surface area contributed by atoms with E-state index in [1.807, 2.05) is 0 Å². The van der Waals surface area contributed by atoms with Crippen LogP contribution in [0, 0.1) is 11.6 Å². The molecule has 0 spiro atoms. The summed E-state index contributed by atoms with van der Waals surface area (Å²) in [5.74, 6) is -3.04. The molecule has 0 radical (unpaired) electrons. The van der Waals surface area contributed by atoms with E-state index < -0.39 is 36.0 Å². The summed E-state index contributed by atoms with van der Waals surface area (Å²) in [5.41, 5.74) is -0.0172. The van der Waals surface area contributed by atoms with Crippen molar-refractivity contribution < 1.29 is 28.2 Å². The third-order valence-electron chi connectivity index (χ3n) is 4.25. The molecule has 0 aliphatic carbocycles. The first kappa shape index (κ1) is 21.0. The van der Waals surface area contributed by atoms with Crippen LogP contribution in [0.2, 0.25) is 0 Å². The molecule has 2 aromatic carbocycles. The number of carbonyl (C=O) groups excluding carboxylic acids is 1. The van der Waals surface area contributed by atoms with E-state index in [0.29, 0.717) is 0 Å². The number of nitrogens with one attached hydrogen (secondary N) is 1. The first-order chi connectivity index (χ1) is 14.4. The fraction of sp³-hybridized carbons (Fsp3) is 0.190. The number of benzene rings is 2. The van der Waals surface area contributed by atoms with Gasteiger partial charge in [0.1, 0.15) is 17.3 Å². The number of carboxylic acids is 1. The van der Waals surface area contributed by atoms with Crippen molar-refractivity contribution in [3.8, 4) is 11.6 Å². The molecule has 0 fully saturated rings. The highest BCUT2D eigenvalue weighted by Crippen LogP contribution is 2.24. The molecule has 7 nitrogen and oxygen atoms in total. The number of ether oxygens (including phenoxy) is 1. The van der Waals surface area contributed by atoms with Gasteiger partial charge in [-0.3, -0.25) is 9.59 Å². The highest BCUT2D eigenvalue weighted by Gasteiger charge is 2.24. The molecule has 0 saturated carbocycles. The molecule has 0 bridgehead atoms. The van der Waals surface area contributed by atoms with Crippen LogP contribution in [-0.2, 0) is 4.79 Å². The Hall–Kier alpha value is -3.75. The number of carboxylic acid groups (broad SMARTS) is 1. The highest BCUT2D eigenvalue weighted by molar-refractivity contribution is 5.93. The van der Waals surface area contributed by atoms with E-state index in [1.165, 1.54) is 42.5 Å². The summed E-state index contributed by atoms with van der Waals surface area (Å²) in [6.07, 6.45) is -0.529. The lowest BCUT2D eigenvalue weighted by atomic mass is 10.0. The monoisotopic (exact) mass is 415 g/mol. The van der Waals surface area contributed by atoms with Crippen molar-refractivity contribution in [3.05, 3.63) is 77.5 Å². The maximum Gasteiger partial charge on any atom is 0.305 e. The molecule has 9 heteroatoms. The Balaban J connectivity index is 1.93. The lowest BCUT2D eigenvalue weighted by Gasteiger charge is -2.17. The minimum absolute atomic E-state index is 0.0341. The van der Waals surface area contributed by atoms with Crippen LogP contribution in [0.15, 0.2) is 54.6 Å². The first-order valence-electron chi connectivity index (χ1n) is 9.15. The number of amides is 1. The average Bonchev–Trinajstić information content (AvgIpc) is 3.12. The maximum absolute atomic E-state index is 14.2. The number of halogens is 2. The summed E-state index contributed by atoms with van der Waals surface area (Å²) < 4.78 is 34.9. The number of aromatic nitrogens is 2. The van der Waals surface area contributed by atoms with Gasteiger partial charge in [-0.15, -0.1) is 0 Å². The molecular formula is C21H19F2N3O4. The van der Waals surface area contributed by atoms with Crippen LogP contribution in [-0.4, -0.2) is 33.4 Å². The Kier molecular flexibility index (Phi) is 6.41. The zero-order valence-electron chi connectivity index (χ0n) is 16.0. The van der Waals surface area contributed by atoms with Crippen molar-refractivity contribution in [2.24, 2.45) is 0 Å². The lowest BCUT2D eigenvalue weighted by Crippen LogP contribution is -2.31. The van der Waals surface area contributed by atoms with Gasteiger partial charge >= 0.3 is 5.97 Å². The van der Waals surface area contributed by atoms with E-state index >= 15 is 0 Å². The number of carbonyl (C=O) groups is 2. The van der Waals surface area contributed by atoms with Crippen molar-refractivity contribution in [1.82, 2.24) is 15.1 Å². The summed E-state index contributed by atoms with van der Waals surface area (Å²) in [6, 6.07) is 11.6. The predicted octanol–water partition coefficient (Wildman–Crippen LogP) is 3.50. The molecule has 2 N–H and O–H groups in total. The van der Waals surface area contributed by atoms with Gasteiger partial charge in [-0.05, 0) is 25.1 Å². The summed E-state index contributed by atoms with van der Waals surface area (Å²) >= 11 is 0. The van der Waals surface area contributed by atoms with Crippen molar-refractivity contribution in [1.29, 1.82) is 0 Å². The summed E-state index contributed by atoms with van der Waals surface area (Å²) in [5, 5.41) is 15.8. The molecule has 156 valence electrons. The Morgan fingerprint density at radius 1 is 1.13 bits per heavy atom. The summed E-state index contributed by atoms with van der Waals surface area (Å²) in [7, 11) is 0. The summed E-state index contributed by atoms with van der Waals surface area (Å²) in [6.45, 7) is 1.97. The number of hydrogen-bond donors (Lipinski definition) is 2. The molecule has 0 aliphatic rings. The number of nitrogens with zero attached hydrogens (tertiary/aromatic N) is 2. The molecule has 0 saturated heterocycles. The lowest BCUT2D eigenvalue weighted by molar-refractivity contribution is -0.137. The number of para-hydroxylation sites is 1. The van der Waals surface area contributed by atoms with E-state index in [1.54, 1.807) is 19.1 Å². The van der Waals surface area contributed by atoms with Gasteiger partial charge in [-0.1, -0.05) is 30.3 Å². The van der Waals surface area contributed by atoms with E-state index in [4.69, 9.17) is 9.84 Å². The molecule has 3 aromatic rings. The Morgan fingerprint density at radius 3 is 2.43 bits per heavy atom. The van der Waals surface area contributed by atoms with Crippen molar-refractivity contribution in [3.63, 3.8) is 0 Å². The average molecular weight is 415 g/mol. The van der Waals surface area contributed by atoms with Crippen LogP contribution in [0.25, 0.3) is 5.69 Å². The van der Waals surface area contributed by atoms with Gasteiger partial charge in [0.25, 0.3) is 5.91 Å². The third-order valence-corrected chi connectivity index (χ3v) is 4.25. The second-order valence-electron chi connectivity index (χ2n) is 6.31. The molecule has 0 unspecified atom stereocenters. The van der Waals surface area contributed by atoms with E-state index in [9.17, 15) is 18.4 Å². The van der Waals surface area contributed by atoms with Crippen LogP contribution >= 0.6 is 0 Å². The van der Waals surface area contributed by atoms with E-state index in [-0.39, 0.29) is 29.4 Å². The van der Waals surface area contributed by atoms with Gasteiger partial charge in [0.05, 0.1) is 19.1 Å². The minimum Gasteiger partial charge on any atom is -0.481 e. The largest absolute Gasteiger partial charge is 0.481 e. The van der Waals surface area contributed by atoms with Gasteiger partial charge in [0, 0.05) is 11.6 Å². The zero-order valence-corrected chi connectivity index (χ0v) is 16.0. The first-order valence-corrected chi connectivity index (χ1v) is 9.15. The molecule has 30 heavy (non-hydrogen) atoms. The van der Waals surface area contributed by atoms with Crippen molar-refractivity contribution >= 4 is 11.9 Å². The SMILES string of the molecule is CCOc1cc(C(=O)N[C@@H](CC(=O)O)c2ccccc2F)nn1-c1ccccc1F. The zero-order chi connectivity index (χ0) is 21.7. The number of hydrogen-bond acceptors (Lipinski definition) is 4. The topological polar surface area (TPSA) is 93.4 Å². The molecule has 3 rings (SSSR count). The standard InChI is InChI=1S/C21H19F2N3O4/c1-2-30-19-11-17(25-26(19)18-10-6-5-9-15(18)23)21(29)24-16(12-20(27)28)13-7-3-4-8-14(13)22/h3-11,16H,2,12H2,1H3,(H,24,29)(H,27,28)/t16-/m0/s1. The maximum atomic E-state index is 14.2. The second kappa shape index (κ2) is 9.17. The fourth-order valence-corrected chi connectivity index (χ4v) is 2.92. The van der Waals surface area contributed by atoms with Crippen LogP contribution in [0.1, 0.15) is 35.4 Å². The van der Waals surface area contributed by atoms with Gasteiger partial charge < -0.3 is 15.2 Å². The molecule has 1 aromatic heterocycles. The van der Waals surface area contributed by atoms with Gasteiger partial charge in [0.2, 0.25) is 5.88 Å². The third kappa shape index (κ3) is 4.62. The van der Waals surface area contributed by atoms with Gasteiger partial charge in [-0.25, -0.2) is 8.78 Å². The van der Waals surface area contributed by atoms with Crippen molar-refractivity contribution in [2.75, 3.05) is 6.61 Å². The molecular weight excluding hydrogens is 396 g/mol. The Bertz CT molecular complexity index is 1070. The second-order valence-corrected chi connectivity index (χ2v) is 6.31. The van der Waals surface area contributed by atoms with Gasteiger partial charge in [0.15, 0.2) is 5.69 Å². The van der Waals surface area contributed by atoms with Gasteiger partial charge in [-0.2, -0.15) is 9.78 Å². The smallest absolute Gasteiger partial charge is 0.305 e. The van der Waals surface area contributed by atoms with Crippen LogP contribution in [0.5, 0.6) is 5.88 Å². The van der Waals surface area contributed by atoms with E-state index in [0.717, 1.165) is 4.68 Å². The minimum atomic E-state index is -1.21. The van der Waals surface area contributed by atoms with E-state index in [2.05, 4.69) is 10.4 Å². The van der Waals surface area contributed by atoms with Crippen LogP contribution < -0.4 is 10.1 Å². The van der Waals surface area contributed by atoms with Crippen LogP contribution in [0.4, 0.5) is 8.78 Å². The Labute approximate surface area is 170 Å². The normalized spacial score (nSPS) is 11.7. The van der Waals surface area contributed by atoms with Crippen LogP contribution in [0.3, 0.4) is 0 Å². The molecule has 1 atom stereocenters. The molecule has 1 amide bonds.